The molecular formula is C24H19ClSi. The highest BCUT2D eigenvalue weighted by atomic mass is 35.5. The van der Waals surface area contributed by atoms with E-state index in [1.54, 1.807) is 0 Å². The predicted octanol–water partition coefficient (Wildman–Crippen LogP) is 5.96. The fourth-order valence-corrected chi connectivity index (χ4v) is 7.63. The van der Waals surface area contributed by atoms with Gasteiger partial charge < -0.3 is 0 Å². The van der Waals surface area contributed by atoms with Crippen molar-refractivity contribution in [2.24, 2.45) is 0 Å². The van der Waals surface area contributed by atoms with Gasteiger partial charge in [-0.15, -0.1) is 0 Å². The van der Waals surface area contributed by atoms with Crippen molar-refractivity contribution < 1.29 is 0 Å². The molecule has 4 aromatic rings. The molecule has 26 heavy (non-hydrogen) atoms. The van der Waals surface area contributed by atoms with E-state index in [4.69, 9.17) is 11.6 Å². The summed E-state index contributed by atoms with van der Waals surface area (Å²) in [7, 11) is -1.72. The van der Waals surface area contributed by atoms with Gasteiger partial charge in [0, 0.05) is 5.02 Å². The number of fused-ring (bicyclic) bond motifs is 4. The first kappa shape index (κ1) is 15.9. The van der Waals surface area contributed by atoms with Crippen LogP contribution in [0.4, 0.5) is 0 Å². The molecule has 126 valence electrons. The predicted molar refractivity (Wildman–Crippen MR) is 117 cm³/mol. The van der Waals surface area contributed by atoms with Gasteiger partial charge in [-0.25, -0.2) is 0 Å². The van der Waals surface area contributed by atoms with E-state index in [0.717, 1.165) is 5.02 Å². The second-order valence-electron chi connectivity index (χ2n) is 7.64. The molecule has 1 heterocycles. The Morgan fingerprint density at radius 3 is 2.04 bits per heavy atom. The van der Waals surface area contributed by atoms with Crippen LogP contribution in [0.1, 0.15) is 0 Å². The minimum atomic E-state index is -1.72. The Labute approximate surface area is 160 Å². The Hall–Kier alpha value is -2.35. The molecule has 0 bridgehead atoms. The van der Waals surface area contributed by atoms with Crippen LogP contribution in [0, 0.1) is 0 Å². The zero-order valence-electron chi connectivity index (χ0n) is 14.9. The topological polar surface area (TPSA) is 0 Å². The van der Waals surface area contributed by atoms with Crippen molar-refractivity contribution in [3.8, 4) is 22.3 Å². The Morgan fingerprint density at radius 2 is 1.23 bits per heavy atom. The number of rotatable bonds is 1. The Kier molecular flexibility index (Phi) is 3.40. The third-order valence-electron chi connectivity index (χ3n) is 5.72. The van der Waals surface area contributed by atoms with Crippen molar-refractivity contribution in [2.75, 3.05) is 0 Å². The molecule has 5 rings (SSSR count). The van der Waals surface area contributed by atoms with Crippen molar-refractivity contribution in [2.45, 2.75) is 13.1 Å². The highest BCUT2D eigenvalue weighted by Gasteiger charge is 2.37. The molecule has 4 aromatic carbocycles. The Balaban J connectivity index is 1.69. The Morgan fingerprint density at radius 1 is 0.615 bits per heavy atom. The lowest BCUT2D eigenvalue weighted by Gasteiger charge is -2.19. The molecule has 0 saturated carbocycles. The summed E-state index contributed by atoms with van der Waals surface area (Å²) >= 11 is 6.30. The first-order chi connectivity index (χ1) is 12.5. The van der Waals surface area contributed by atoms with Gasteiger partial charge in [0.2, 0.25) is 0 Å². The number of halogens is 1. The van der Waals surface area contributed by atoms with Gasteiger partial charge in [-0.2, -0.15) is 0 Å². The maximum Gasteiger partial charge on any atom is 0.113 e. The van der Waals surface area contributed by atoms with Crippen LogP contribution >= 0.6 is 11.6 Å². The molecule has 0 amide bonds. The third-order valence-corrected chi connectivity index (χ3v) is 9.48. The van der Waals surface area contributed by atoms with Crippen LogP contribution in [0.2, 0.25) is 18.1 Å². The van der Waals surface area contributed by atoms with Crippen LogP contribution < -0.4 is 10.4 Å². The van der Waals surface area contributed by atoms with E-state index in [2.05, 4.69) is 85.9 Å². The molecule has 0 spiro atoms. The minimum absolute atomic E-state index is 0.840. The lowest BCUT2D eigenvalue weighted by atomic mass is 9.98. The average molecular weight is 371 g/mol. The number of hydrogen-bond acceptors (Lipinski definition) is 0. The van der Waals surface area contributed by atoms with Gasteiger partial charge in [0.25, 0.3) is 0 Å². The van der Waals surface area contributed by atoms with Gasteiger partial charge in [0.1, 0.15) is 8.07 Å². The number of benzene rings is 4. The summed E-state index contributed by atoms with van der Waals surface area (Å²) in [4.78, 5) is 0. The molecule has 0 nitrogen and oxygen atoms in total. The molecule has 0 saturated heterocycles. The molecular weight excluding hydrogens is 352 g/mol. The highest BCUT2D eigenvalue weighted by molar-refractivity contribution is 7.03. The molecule has 1 aliphatic rings. The summed E-state index contributed by atoms with van der Waals surface area (Å²) in [6.07, 6.45) is 0. The second kappa shape index (κ2) is 5.57. The summed E-state index contributed by atoms with van der Waals surface area (Å²) in [5.41, 5.74) is 5.34. The van der Waals surface area contributed by atoms with Crippen molar-refractivity contribution in [3.63, 3.8) is 0 Å². The first-order valence-electron chi connectivity index (χ1n) is 8.98. The molecule has 0 aliphatic carbocycles. The van der Waals surface area contributed by atoms with E-state index in [-0.39, 0.29) is 0 Å². The fourth-order valence-electron chi connectivity index (χ4n) is 4.26. The molecule has 1 aliphatic heterocycles. The maximum absolute atomic E-state index is 6.30. The minimum Gasteiger partial charge on any atom is -0.0843 e. The third kappa shape index (κ3) is 2.28. The molecule has 0 unspecified atom stereocenters. The zero-order valence-corrected chi connectivity index (χ0v) is 16.6. The zero-order chi connectivity index (χ0) is 17.9. The summed E-state index contributed by atoms with van der Waals surface area (Å²) in [6, 6.07) is 28.6. The normalized spacial score (nSPS) is 14.3. The van der Waals surface area contributed by atoms with Crippen molar-refractivity contribution in [1.29, 1.82) is 0 Å². The smallest absolute Gasteiger partial charge is 0.0843 e. The lowest BCUT2D eigenvalue weighted by molar-refractivity contribution is 1.65. The van der Waals surface area contributed by atoms with E-state index >= 15 is 0 Å². The average Bonchev–Trinajstić information content (AvgIpc) is 2.88. The van der Waals surface area contributed by atoms with Crippen LogP contribution in [0.25, 0.3) is 33.0 Å². The van der Waals surface area contributed by atoms with Crippen LogP contribution in [-0.2, 0) is 0 Å². The van der Waals surface area contributed by atoms with Crippen LogP contribution in [0.5, 0.6) is 0 Å². The molecule has 0 radical (unpaired) electrons. The van der Waals surface area contributed by atoms with Gasteiger partial charge in [-0.1, -0.05) is 85.4 Å². The summed E-state index contributed by atoms with van der Waals surface area (Å²) < 4.78 is 0. The summed E-state index contributed by atoms with van der Waals surface area (Å²) in [6.45, 7) is 4.86. The standard InChI is InChI=1S/C24H19ClSi/c1-26(2)23-14-19(18-8-7-16-5-3-4-6-17(16)13-18)9-11-21(23)22-12-10-20(25)15-24(22)26/h3-15H,1-2H3. The van der Waals surface area contributed by atoms with Crippen LogP contribution in [-0.4, -0.2) is 8.07 Å². The molecule has 2 heteroatoms. The first-order valence-corrected chi connectivity index (χ1v) is 12.4. The highest BCUT2D eigenvalue weighted by Crippen LogP contribution is 2.33. The van der Waals surface area contributed by atoms with Gasteiger partial charge >= 0.3 is 0 Å². The van der Waals surface area contributed by atoms with E-state index in [1.807, 2.05) is 6.07 Å². The lowest BCUT2D eigenvalue weighted by Crippen LogP contribution is -2.49. The van der Waals surface area contributed by atoms with Gasteiger partial charge in [-0.05, 0) is 61.6 Å². The van der Waals surface area contributed by atoms with E-state index < -0.39 is 8.07 Å². The van der Waals surface area contributed by atoms with Crippen molar-refractivity contribution >= 4 is 40.8 Å². The number of hydrogen-bond donors (Lipinski definition) is 0. The van der Waals surface area contributed by atoms with Crippen molar-refractivity contribution in [1.82, 2.24) is 0 Å². The fraction of sp³-hybridized carbons (Fsp3) is 0.0833. The van der Waals surface area contributed by atoms with Crippen molar-refractivity contribution in [3.05, 3.63) is 83.9 Å². The van der Waals surface area contributed by atoms with Gasteiger partial charge in [0.05, 0.1) is 0 Å². The SMILES string of the molecule is C[Si]1(C)c2cc(Cl)ccc2-c2ccc(-c3ccc4ccccc4c3)cc21. The molecule has 0 atom stereocenters. The quantitative estimate of drug-likeness (QED) is 0.362. The monoisotopic (exact) mass is 370 g/mol. The van der Waals surface area contributed by atoms with E-state index in [9.17, 15) is 0 Å². The summed E-state index contributed by atoms with van der Waals surface area (Å²) in [5.74, 6) is 0. The largest absolute Gasteiger partial charge is 0.113 e. The molecule has 0 N–H and O–H groups in total. The van der Waals surface area contributed by atoms with E-state index in [0.29, 0.717) is 0 Å². The van der Waals surface area contributed by atoms with E-state index in [1.165, 1.54) is 43.4 Å². The second-order valence-corrected chi connectivity index (χ2v) is 12.4. The maximum atomic E-state index is 6.30. The molecule has 0 fully saturated rings. The van der Waals surface area contributed by atoms with Gasteiger partial charge in [-0.3, -0.25) is 0 Å². The van der Waals surface area contributed by atoms with Gasteiger partial charge in [0.15, 0.2) is 0 Å². The Bertz CT molecular complexity index is 1170. The van der Waals surface area contributed by atoms with Crippen LogP contribution in [0.3, 0.4) is 0 Å². The molecule has 0 aromatic heterocycles. The summed E-state index contributed by atoms with van der Waals surface area (Å²) in [5, 5.41) is 6.38. The van der Waals surface area contributed by atoms with Crippen LogP contribution in [0.15, 0.2) is 78.9 Å².